The van der Waals surface area contributed by atoms with Crippen molar-refractivity contribution in [3.05, 3.63) is 35.6 Å². The molecule has 19 heavy (non-hydrogen) atoms. The summed E-state index contributed by atoms with van der Waals surface area (Å²) in [7, 11) is -0.695. The maximum Gasteiger partial charge on any atom is 0.123 e. The van der Waals surface area contributed by atoms with E-state index >= 15 is 0 Å². The summed E-state index contributed by atoms with van der Waals surface area (Å²) in [5, 5.41) is 0. The van der Waals surface area contributed by atoms with Crippen LogP contribution in [0.2, 0.25) is 0 Å². The highest BCUT2D eigenvalue weighted by Gasteiger charge is 2.28. The molecule has 5 heteroatoms. The molecule has 0 aromatic heterocycles. The molecule has 1 saturated heterocycles. The first kappa shape index (κ1) is 14.6. The number of nitrogens with zero attached hydrogens (tertiary/aromatic N) is 1. The standard InChI is InChI=1S/C14H21FN2OS/c1-2-13(16)14(11-3-5-12(15)6-4-11)17-7-9-19(18)10-8-17/h3-6,13-14H,2,7-10,16H2,1H3. The van der Waals surface area contributed by atoms with E-state index in [9.17, 15) is 8.60 Å². The first-order valence-corrected chi connectivity index (χ1v) is 8.20. The first-order chi connectivity index (χ1) is 9.11. The van der Waals surface area contributed by atoms with Crippen molar-refractivity contribution in [2.45, 2.75) is 25.4 Å². The average molecular weight is 284 g/mol. The van der Waals surface area contributed by atoms with Crippen LogP contribution in [0.4, 0.5) is 4.39 Å². The molecule has 0 spiro atoms. The van der Waals surface area contributed by atoms with Crippen molar-refractivity contribution in [2.75, 3.05) is 24.6 Å². The largest absolute Gasteiger partial charge is 0.326 e. The van der Waals surface area contributed by atoms with E-state index in [1.54, 1.807) is 12.1 Å². The Morgan fingerprint density at radius 2 is 1.89 bits per heavy atom. The Morgan fingerprint density at radius 1 is 1.32 bits per heavy atom. The first-order valence-electron chi connectivity index (χ1n) is 6.72. The van der Waals surface area contributed by atoms with Crippen LogP contribution in [0.15, 0.2) is 24.3 Å². The van der Waals surface area contributed by atoms with Crippen LogP contribution < -0.4 is 5.73 Å². The number of halogens is 1. The molecular weight excluding hydrogens is 263 g/mol. The van der Waals surface area contributed by atoms with E-state index in [4.69, 9.17) is 5.73 Å². The molecule has 2 rings (SSSR count). The lowest BCUT2D eigenvalue weighted by Crippen LogP contribution is -2.46. The smallest absolute Gasteiger partial charge is 0.123 e. The summed E-state index contributed by atoms with van der Waals surface area (Å²) in [5.74, 6) is 1.18. The molecule has 0 bridgehead atoms. The summed E-state index contributed by atoms with van der Waals surface area (Å²) < 4.78 is 24.5. The molecular formula is C14H21FN2OS. The summed E-state index contributed by atoms with van der Waals surface area (Å²) in [6, 6.07) is 6.67. The Hall–Kier alpha value is -0.780. The highest BCUT2D eigenvalue weighted by molar-refractivity contribution is 7.85. The summed E-state index contributed by atoms with van der Waals surface area (Å²) >= 11 is 0. The molecule has 1 aromatic carbocycles. The molecule has 3 nitrogen and oxygen atoms in total. The fourth-order valence-electron chi connectivity index (χ4n) is 2.54. The summed E-state index contributed by atoms with van der Waals surface area (Å²) in [6.45, 7) is 3.65. The second-order valence-corrected chi connectivity index (χ2v) is 6.65. The van der Waals surface area contributed by atoms with Crippen LogP contribution in [0.5, 0.6) is 0 Å². The maximum atomic E-state index is 13.0. The van der Waals surface area contributed by atoms with Gasteiger partial charge in [0, 0.05) is 47.5 Å². The molecule has 0 amide bonds. The van der Waals surface area contributed by atoms with Gasteiger partial charge < -0.3 is 5.73 Å². The van der Waals surface area contributed by atoms with Crippen LogP contribution in [0.3, 0.4) is 0 Å². The van der Waals surface area contributed by atoms with Crippen LogP contribution in [0.1, 0.15) is 24.9 Å². The van der Waals surface area contributed by atoms with Crippen LogP contribution in [-0.4, -0.2) is 39.7 Å². The zero-order valence-electron chi connectivity index (χ0n) is 11.2. The second-order valence-electron chi connectivity index (χ2n) is 4.95. The summed E-state index contributed by atoms with van der Waals surface area (Å²) in [4.78, 5) is 2.28. The van der Waals surface area contributed by atoms with E-state index in [-0.39, 0.29) is 17.9 Å². The Labute approximate surface area is 116 Å². The van der Waals surface area contributed by atoms with E-state index in [0.29, 0.717) is 11.5 Å². The lowest BCUT2D eigenvalue weighted by Gasteiger charge is -2.37. The third-order valence-corrected chi connectivity index (χ3v) is 4.97. The molecule has 1 fully saturated rings. The highest BCUT2D eigenvalue weighted by atomic mass is 32.2. The number of nitrogens with two attached hydrogens (primary N) is 1. The minimum atomic E-state index is -0.695. The van der Waals surface area contributed by atoms with Gasteiger partial charge in [-0.05, 0) is 24.1 Å². The van der Waals surface area contributed by atoms with Gasteiger partial charge in [-0.1, -0.05) is 19.1 Å². The van der Waals surface area contributed by atoms with Crippen LogP contribution in [-0.2, 0) is 10.8 Å². The van der Waals surface area contributed by atoms with Gasteiger partial charge >= 0.3 is 0 Å². The second kappa shape index (κ2) is 6.59. The fourth-order valence-corrected chi connectivity index (χ4v) is 3.62. The zero-order valence-corrected chi connectivity index (χ0v) is 12.0. The molecule has 106 valence electrons. The normalized spacial score (nSPS) is 21.2. The number of hydrogen-bond donors (Lipinski definition) is 1. The zero-order chi connectivity index (χ0) is 13.8. The molecule has 0 radical (unpaired) electrons. The van der Waals surface area contributed by atoms with E-state index < -0.39 is 10.8 Å². The van der Waals surface area contributed by atoms with Gasteiger partial charge in [-0.2, -0.15) is 0 Å². The van der Waals surface area contributed by atoms with Gasteiger partial charge in [-0.25, -0.2) is 4.39 Å². The van der Waals surface area contributed by atoms with Gasteiger partial charge in [-0.15, -0.1) is 0 Å². The lowest BCUT2D eigenvalue weighted by molar-refractivity contribution is 0.185. The van der Waals surface area contributed by atoms with E-state index in [2.05, 4.69) is 11.8 Å². The lowest BCUT2D eigenvalue weighted by atomic mass is 9.96. The van der Waals surface area contributed by atoms with Crippen molar-refractivity contribution < 1.29 is 8.60 Å². The maximum absolute atomic E-state index is 13.0. The third kappa shape index (κ3) is 3.61. The number of hydrogen-bond acceptors (Lipinski definition) is 3. The number of rotatable bonds is 4. The van der Waals surface area contributed by atoms with Gasteiger partial charge in [0.25, 0.3) is 0 Å². The van der Waals surface area contributed by atoms with Crippen molar-refractivity contribution in [1.29, 1.82) is 0 Å². The minimum absolute atomic E-state index is 0.0111. The van der Waals surface area contributed by atoms with Crippen LogP contribution in [0.25, 0.3) is 0 Å². The monoisotopic (exact) mass is 284 g/mol. The van der Waals surface area contributed by atoms with Crippen molar-refractivity contribution in [3.63, 3.8) is 0 Å². The molecule has 1 heterocycles. The molecule has 1 aromatic rings. The summed E-state index contributed by atoms with van der Waals surface area (Å²) in [6.07, 6.45) is 0.863. The van der Waals surface area contributed by atoms with Crippen LogP contribution >= 0.6 is 0 Å². The highest BCUT2D eigenvalue weighted by Crippen LogP contribution is 2.26. The molecule has 2 unspecified atom stereocenters. The van der Waals surface area contributed by atoms with Crippen molar-refractivity contribution >= 4 is 10.8 Å². The molecule has 2 atom stereocenters. The molecule has 2 N–H and O–H groups in total. The molecule has 1 aliphatic heterocycles. The van der Waals surface area contributed by atoms with Crippen molar-refractivity contribution in [3.8, 4) is 0 Å². The molecule has 0 aliphatic carbocycles. The van der Waals surface area contributed by atoms with Gasteiger partial charge in [-0.3, -0.25) is 9.11 Å². The topological polar surface area (TPSA) is 46.3 Å². The molecule has 0 saturated carbocycles. The van der Waals surface area contributed by atoms with E-state index in [0.717, 1.165) is 25.1 Å². The van der Waals surface area contributed by atoms with E-state index in [1.807, 2.05) is 0 Å². The van der Waals surface area contributed by atoms with Gasteiger partial charge in [0.05, 0.1) is 0 Å². The Bertz CT molecular complexity index is 428. The van der Waals surface area contributed by atoms with E-state index in [1.165, 1.54) is 12.1 Å². The van der Waals surface area contributed by atoms with Gasteiger partial charge in [0.15, 0.2) is 0 Å². The summed E-state index contributed by atoms with van der Waals surface area (Å²) in [5.41, 5.74) is 7.29. The average Bonchev–Trinajstić information content (AvgIpc) is 2.43. The SMILES string of the molecule is CCC(N)C(c1ccc(F)cc1)N1CCS(=O)CC1. The molecule has 1 aliphatic rings. The Balaban J connectivity index is 2.20. The number of benzene rings is 1. The van der Waals surface area contributed by atoms with Crippen molar-refractivity contribution in [2.24, 2.45) is 5.73 Å². The van der Waals surface area contributed by atoms with Gasteiger partial charge in [0.2, 0.25) is 0 Å². The van der Waals surface area contributed by atoms with Crippen molar-refractivity contribution in [1.82, 2.24) is 4.90 Å². The predicted molar refractivity (Wildman–Crippen MR) is 76.9 cm³/mol. The third-order valence-electron chi connectivity index (χ3n) is 3.69. The Kier molecular flexibility index (Phi) is 5.07. The quantitative estimate of drug-likeness (QED) is 0.915. The Morgan fingerprint density at radius 3 is 2.42 bits per heavy atom. The predicted octanol–water partition coefficient (Wildman–Crippen LogP) is 1.67. The van der Waals surface area contributed by atoms with Gasteiger partial charge in [0.1, 0.15) is 5.82 Å². The van der Waals surface area contributed by atoms with Crippen LogP contribution in [0, 0.1) is 5.82 Å². The minimum Gasteiger partial charge on any atom is -0.326 e. The fraction of sp³-hybridized carbons (Fsp3) is 0.571.